The SMILES string of the molecule is NC(=NCc1ccccc1OC(F)F)NC1CCCCCC1. The van der Waals surface area contributed by atoms with E-state index in [9.17, 15) is 8.78 Å². The highest BCUT2D eigenvalue weighted by atomic mass is 19.3. The van der Waals surface area contributed by atoms with Crippen LogP contribution in [0, 0.1) is 0 Å². The second-order valence-electron chi connectivity index (χ2n) is 5.52. The molecule has 2 rings (SSSR count). The zero-order valence-electron chi connectivity index (χ0n) is 12.6. The second-order valence-corrected chi connectivity index (χ2v) is 5.52. The fourth-order valence-corrected chi connectivity index (χ4v) is 2.69. The Morgan fingerprint density at radius 1 is 1.23 bits per heavy atom. The van der Waals surface area contributed by atoms with E-state index < -0.39 is 6.61 Å². The summed E-state index contributed by atoms with van der Waals surface area (Å²) in [5.74, 6) is 0.502. The van der Waals surface area contributed by atoms with E-state index in [1.165, 1.54) is 31.7 Å². The third-order valence-corrected chi connectivity index (χ3v) is 3.82. The summed E-state index contributed by atoms with van der Waals surface area (Å²) in [5.41, 5.74) is 6.50. The van der Waals surface area contributed by atoms with Crippen LogP contribution in [0.4, 0.5) is 8.78 Å². The first kappa shape index (κ1) is 16.5. The van der Waals surface area contributed by atoms with Crippen LogP contribution >= 0.6 is 0 Å². The number of nitrogens with one attached hydrogen (secondary N) is 1. The van der Waals surface area contributed by atoms with E-state index in [0.717, 1.165) is 12.8 Å². The Hall–Kier alpha value is -1.85. The van der Waals surface area contributed by atoms with Crippen LogP contribution in [0.2, 0.25) is 0 Å². The van der Waals surface area contributed by atoms with E-state index in [0.29, 0.717) is 17.6 Å². The Balaban J connectivity index is 1.92. The van der Waals surface area contributed by atoms with Crippen LogP contribution < -0.4 is 15.8 Å². The van der Waals surface area contributed by atoms with Crippen molar-refractivity contribution >= 4 is 5.96 Å². The van der Waals surface area contributed by atoms with Crippen LogP contribution in [0.15, 0.2) is 29.3 Å². The maximum atomic E-state index is 12.4. The van der Waals surface area contributed by atoms with E-state index in [1.807, 2.05) is 0 Å². The second kappa shape index (κ2) is 8.56. The van der Waals surface area contributed by atoms with Crippen molar-refractivity contribution in [2.45, 2.75) is 57.7 Å². The van der Waals surface area contributed by atoms with Crippen molar-refractivity contribution < 1.29 is 13.5 Å². The van der Waals surface area contributed by atoms with Gasteiger partial charge in [-0.05, 0) is 18.9 Å². The lowest BCUT2D eigenvalue weighted by atomic mass is 10.1. The lowest BCUT2D eigenvalue weighted by Crippen LogP contribution is -2.39. The molecule has 0 heterocycles. The first-order valence-corrected chi connectivity index (χ1v) is 7.74. The predicted molar refractivity (Wildman–Crippen MR) is 83.0 cm³/mol. The molecule has 122 valence electrons. The van der Waals surface area contributed by atoms with Crippen molar-refractivity contribution in [3.05, 3.63) is 29.8 Å². The molecule has 1 aromatic rings. The van der Waals surface area contributed by atoms with Gasteiger partial charge in [0.25, 0.3) is 0 Å². The van der Waals surface area contributed by atoms with Gasteiger partial charge in [-0.3, -0.25) is 0 Å². The fraction of sp³-hybridized carbons (Fsp3) is 0.562. The lowest BCUT2D eigenvalue weighted by Gasteiger charge is -2.16. The Morgan fingerprint density at radius 3 is 2.59 bits per heavy atom. The number of nitrogens with zero attached hydrogens (tertiary/aromatic N) is 1. The molecule has 0 unspecified atom stereocenters. The number of para-hydroxylation sites is 1. The Morgan fingerprint density at radius 2 is 1.91 bits per heavy atom. The number of hydrogen-bond acceptors (Lipinski definition) is 2. The van der Waals surface area contributed by atoms with Crippen LogP contribution in [0.3, 0.4) is 0 Å². The highest BCUT2D eigenvalue weighted by Gasteiger charge is 2.13. The quantitative estimate of drug-likeness (QED) is 0.498. The predicted octanol–water partition coefficient (Wildman–Crippen LogP) is 3.42. The summed E-state index contributed by atoms with van der Waals surface area (Å²) < 4.78 is 29.2. The first-order chi connectivity index (χ1) is 10.6. The van der Waals surface area contributed by atoms with Crippen LogP contribution in [-0.4, -0.2) is 18.6 Å². The van der Waals surface area contributed by atoms with Crippen LogP contribution in [-0.2, 0) is 6.54 Å². The highest BCUT2D eigenvalue weighted by molar-refractivity contribution is 5.78. The molecule has 3 N–H and O–H groups in total. The minimum absolute atomic E-state index is 0.142. The van der Waals surface area contributed by atoms with Gasteiger partial charge in [0.2, 0.25) is 0 Å². The van der Waals surface area contributed by atoms with Crippen molar-refractivity contribution in [3.8, 4) is 5.75 Å². The van der Waals surface area contributed by atoms with Crippen molar-refractivity contribution in [2.75, 3.05) is 0 Å². The molecule has 0 bridgehead atoms. The molecular formula is C16H23F2N3O. The molecule has 1 saturated carbocycles. The van der Waals surface area contributed by atoms with E-state index >= 15 is 0 Å². The Kier molecular flexibility index (Phi) is 6.43. The largest absolute Gasteiger partial charge is 0.434 e. The van der Waals surface area contributed by atoms with Gasteiger partial charge in [-0.1, -0.05) is 43.9 Å². The Bertz CT molecular complexity index is 486. The monoisotopic (exact) mass is 311 g/mol. The number of guanidine groups is 1. The number of benzene rings is 1. The first-order valence-electron chi connectivity index (χ1n) is 7.74. The number of rotatable bonds is 5. The topological polar surface area (TPSA) is 59.6 Å². The summed E-state index contributed by atoms with van der Waals surface area (Å²) in [5, 5.41) is 3.23. The smallest absolute Gasteiger partial charge is 0.387 e. The molecule has 0 spiro atoms. The van der Waals surface area contributed by atoms with Gasteiger partial charge in [-0.15, -0.1) is 0 Å². The maximum Gasteiger partial charge on any atom is 0.387 e. The molecule has 0 atom stereocenters. The van der Waals surface area contributed by atoms with E-state index in [-0.39, 0.29) is 12.3 Å². The van der Waals surface area contributed by atoms with Gasteiger partial charge in [0.05, 0.1) is 6.54 Å². The van der Waals surface area contributed by atoms with Crippen LogP contribution in [0.1, 0.15) is 44.1 Å². The van der Waals surface area contributed by atoms with E-state index in [2.05, 4.69) is 15.0 Å². The molecule has 4 nitrogen and oxygen atoms in total. The molecule has 0 aliphatic heterocycles. The zero-order valence-corrected chi connectivity index (χ0v) is 12.6. The third-order valence-electron chi connectivity index (χ3n) is 3.82. The van der Waals surface area contributed by atoms with Crippen molar-refractivity contribution in [2.24, 2.45) is 10.7 Å². The average Bonchev–Trinajstić information content (AvgIpc) is 2.74. The molecule has 6 heteroatoms. The van der Waals surface area contributed by atoms with Gasteiger partial charge in [-0.25, -0.2) is 4.99 Å². The van der Waals surface area contributed by atoms with Gasteiger partial charge >= 0.3 is 6.61 Å². The van der Waals surface area contributed by atoms with Gasteiger partial charge in [-0.2, -0.15) is 8.78 Å². The van der Waals surface area contributed by atoms with Gasteiger partial charge in [0, 0.05) is 11.6 Å². The zero-order chi connectivity index (χ0) is 15.8. The number of hydrogen-bond donors (Lipinski definition) is 2. The molecule has 0 aromatic heterocycles. The van der Waals surface area contributed by atoms with E-state index in [1.54, 1.807) is 18.2 Å². The molecule has 22 heavy (non-hydrogen) atoms. The van der Waals surface area contributed by atoms with Crippen molar-refractivity contribution in [1.29, 1.82) is 0 Å². The summed E-state index contributed by atoms with van der Waals surface area (Å²) in [7, 11) is 0. The van der Waals surface area contributed by atoms with Gasteiger partial charge in [0.15, 0.2) is 5.96 Å². The Labute approximate surface area is 129 Å². The molecule has 1 aromatic carbocycles. The summed E-state index contributed by atoms with van der Waals surface area (Å²) in [6.45, 7) is -2.62. The number of halogens is 2. The third kappa shape index (κ3) is 5.50. The minimum atomic E-state index is -2.84. The van der Waals surface area contributed by atoms with Crippen molar-refractivity contribution in [1.82, 2.24) is 5.32 Å². The molecule has 1 aliphatic rings. The maximum absolute atomic E-state index is 12.4. The molecule has 0 saturated heterocycles. The minimum Gasteiger partial charge on any atom is -0.434 e. The molecule has 0 radical (unpaired) electrons. The summed E-state index contributed by atoms with van der Waals surface area (Å²) in [4.78, 5) is 4.25. The summed E-state index contributed by atoms with van der Waals surface area (Å²) in [6.07, 6.45) is 7.15. The highest BCUT2D eigenvalue weighted by Crippen LogP contribution is 2.21. The normalized spacial score (nSPS) is 17.3. The van der Waals surface area contributed by atoms with E-state index in [4.69, 9.17) is 5.73 Å². The fourth-order valence-electron chi connectivity index (χ4n) is 2.69. The molecule has 1 fully saturated rings. The number of nitrogens with two attached hydrogens (primary N) is 1. The molecule has 1 aliphatic carbocycles. The van der Waals surface area contributed by atoms with Gasteiger partial charge in [0.1, 0.15) is 5.75 Å². The number of alkyl halides is 2. The lowest BCUT2D eigenvalue weighted by molar-refractivity contribution is -0.0504. The summed E-state index contributed by atoms with van der Waals surface area (Å²) >= 11 is 0. The molecular weight excluding hydrogens is 288 g/mol. The standard InChI is InChI=1S/C16H23F2N3O/c17-15(18)22-14-10-6-5-7-12(14)11-20-16(19)21-13-8-3-1-2-4-9-13/h5-7,10,13,15H,1-4,8-9,11H2,(H3,19,20,21). The van der Waals surface area contributed by atoms with Gasteiger partial charge < -0.3 is 15.8 Å². The number of ether oxygens (including phenoxy) is 1. The van der Waals surface area contributed by atoms with Crippen LogP contribution in [0.25, 0.3) is 0 Å². The molecule has 0 amide bonds. The van der Waals surface area contributed by atoms with Crippen LogP contribution in [0.5, 0.6) is 5.75 Å². The number of aliphatic imine (C=N–C) groups is 1. The summed E-state index contributed by atoms with van der Waals surface area (Å²) in [6, 6.07) is 6.99. The van der Waals surface area contributed by atoms with Crippen molar-refractivity contribution in [3.63, 3.8) is 0 Å². The average molecular weight is 311 g/mol.